The summed E-state index contributed by atoms with van der Waals surface area (Å²) in [7, 11) is 0. The van der Waals surface area contributed by atoms with Gasteiger partial charge in [0.2, 0.25) is 5.91 Å². The Morgan fingerprint density at radius 3 is 2.07 bits per heavy atom. The van der Waals surface area contributed by atoms with Gasteiger partial charge in [-0.3, -0.25) is 4.79 Å². The summed E-state index contributed by atoms with van der Waals surface area (Å²) in [5.41, 5.74) is 3.57. The van der Waals surface area contributed by atoms with Crippen molar-refractivity contribution >= 4 is 5.91 Å². The molecule has 1 unspecified atom stereocenters. The molecule has 2 aromatic rings. The Morgan fingerprint density at radius 1 is 1.00 bits per heavy atom. The first-order chi connectivity index (χ1) is 13.0. The molecule has 0 aliphatic carbocycles. The van der Waals surface area contributed by atoms with Gasteiger partial charge in [0.05, 0.1) is 0 Å². The van der Waals surface area contributed by atoms with E-state index in [1.54, 1.807) is 6.92 Å². The predicted molar refractivity (Wildman–Crippen MR) is 112 cm³/mol. The lowest BCUT2D eigenvalue weighted by atomic mass is 10.0. The van der Waals surface area contributed by atoms with Crippen LogP contribution in [0.2, 0.25) is 0 Å². The normalized spacial score (nSPS) is 12.0. The van der Waals surface area contributed by atoms with Gasteiger partial charge in [-0.05, 0) is 55.3 Å². The van der Waals surface area contributed by atoms with E-state index in [2.05, 4.69) is 60.5 Å². The van der Waals surface area contributed by atoms with Crippen LogP contribution in [0.5, 0.6) is 5.75 Å². The van der Waals surface area contributed by atoms with Crippen molar-refractivity contribution in [2.45, 2.75) is 40.2 Å². The summed E-state index contributed by atoms with van der Waals surface area (Å²) in [5.74, 6) is 0.921. The molecule has 2 rings (SSSR count). The smallest absolute Gasteiger partial charge is 0.217 e. The molecule has 1 N–H and O–H groups in total. The molecule has 0 aromatic heterocycles. The second-order valence-electron chi connectivity index (χ2n) is 6.90. The summed E-state index contributed by atoms with van der Waals surface area (Å²) in [6.07, 6.45) is 0.833. The molecule has 0 fully saturated rings. The van der Waals surface area contributed by atoms with Crippen molar-refractivity contribution in [1.29, 1.82) is 0 Å². The molecule has 0 aliphatic rings. The van der Waals surface area contributed by atoms with E-state index in [0.717, 1.165) is 31.8 Å². The first-order valence-corrected chi connectivity index (χ1v) is 9.83. The monoisotopic (exact) mass is 368 g/mol. The van der Waals surface area contributed by atoms with Crippen LogP contribution < -0.4 is 10.1 Å². The van der Waals surface area contributed by atoms with Crippen molar-refractivity contribution in [2.75, 3.05) is 26.2 Å². The summed E-state index contributed by atoms with van der Waals surface area (Å²) in [4.78, 5) is 13.5. The molecule has 27 heavy (non-hydrogen) atoms. The van der Waals surface area contributed by atoms with Crippen LogP contribution in [0, 0.1) is 0 Å². The molecule has 146 valence electrons. The first-order valence-electron chi connectivity index (χ1n) is 9.83. The summed E-state index contributed by atoms with van der Waals surface area (Å²) in [5, 5.41) is 2.92. The summed E-state index contributed by atoms with van der Waals surface area (Å²) in [6, 6.07) is 16.9. The van der Waals surface area contributed by atoms with E-state index in [1.165, 1.54) is 16.7 Å². The van der Waals surface area contributed by atoms with Gasteiger partial charge in [-0.15, -0.1) is 0 Å². The Labute approximate surface area is 163 Å². The fraction of sp³-hybridized carbons (Fsp3) is 0.435. The van der Waals surface area contributed by atoms with Crippen LogP contribution in [0.4, 0.5) is 0 Å². The quantitative estimate of drug-likeness (QED) is 0.685. The lowest BCUT2D eigenvalue weighted by Gasteiger charge is -2.18. The minimum atomic E-state index is 0.0125. The summed E-state index contributed by atoms with van der Waals surface area (Å²) < 4.78 is 5.85. The maximum Gasteiger partial charge on any atom is 0.217 e. The van der Waals surface area contributed by atoms with E-state index in [0.29, 0.717) is 6.61 Å². The van der Waals surface area contributed by atoms with Crippen molar-refractivity contribution in [3.63, 3.8) is 0 Å². The Morgan fingerprint density at radius 2 is 1.56 bits per heavy atom. The number of ether oxygens (including phenoxy) is 1. The zero-order valence-electron chi connectivity index (χ0n) is 17.0. The SMILES string of the molecule is CCN(CC)CCOc1ccc(-c2ccc(CC(C)NC(C)=O)cc2)cc1. The number of nitrogens with zero attached hydrogens (tertiary/aromatic N) is 1. The summed E-state index contributed by atoms with van der Waals surface area (Å²) >= 11 is 0. The Bertz CT molecular complexity index is 691. The topological polar surface area (TPSA) is 41.6 Å². The van der Waals surface area contributed by atoms with Crippen LogP contribution in [0.15, 0.2) is 48.5 Å². The minimum absolute atomic E-state index is 0.0125. The molecule has 0 heterocycles. The Balaban J connectivity index is 1.90. The highest BCUT2D eigenvalue weighted by atomic mass is 16.5. The fourth-order valence-corrected chi connectivity index (χ4v) is 3.16. The van der Waals surface area contributed by atoms with E-state index < -0.39 is 0 Å². The molecule has 4 heteroatoms. The van der Waals surface area contributed by atoms with Crippen LogP contribution in [-0.4, -0.2) is 43.1 Å². The first kappa shape index (κ1) is 21.0. The molecule has 0 bridgehead atoms. The van der Waals surface area contributed by atoms with E-state index in [-0.39, 0.29) is 11.9 Å². The molecule has 0 saturated heterocycles. The van der Waals surface area contributed by atoms with Gasteiger partial charge in [-0.2, -0.15) is 0 Å². The highest BCUT2D eigenvalue weighted by molar-refractivity contribution is 5.73. The Hall–Kier alpha value is -2.33. The van der Waals surface area contributed by atoms with Crippen LogP contribution in [0.3, 0.4) is 0 Å². The van der Waals surface area contributed by atoms with Gasteiger partial charge in [0.1, 0.15) is 12.4 Å². The predicted octanol–water partition coefficient (Wildman–Crippen LogP) is 4.14. The maximum absolute atomic E-state index is 11.1. The lowest BCUT2D eigenvalue weighted by molar-refractivity contribution is -0.119. The van der Waals surface area contributed by atoms with E-state index in [4.69, 9.17) is 4.74 Å². The van der Waals surface area contributed by atoms with Gasteiger partial charge >= 0.3 is 0 Å². The highest BCUT2D eigenvalue weighted by Crippen LogP contribution is 2.23. The molecule has 1 atom stereocenters. The molecule has 0 spiro atoms. The molecule has 0 aliphatic heterocycles. The third kappa shape index (κ3) is 7.06. The standard InChI is InChI=1S/C23H32N2O2/c1-5-25(6-2)15-16-27-23-13-11-22(12-14-23)21-9-7-20(8-10-21)17-18(3)24-19(4)26/h7-14,18H,5-6,15-17H2,1-4H3,(H,24,26). The average molecular weight is 369 g/mol. The fourth-order valence-electron chi connectivity index (χ4n) is 3.16. The lowest BCUT2D eigenvalue weighted by Crippen LogP contribution is -2.31. The molecular formula is C23H32N2O2. The van der Waals surface area contributed by atoms with Crippen LogP contribution in [0.1, 0.15) is 33.3 Å². The van der Waals surface area contributed by atoms with Crippen molar-refractivity contribution < 1.29 is 9.53 Å². The zero-order valence-corrected chi connectivity index (χ0v) is 17.0. The van der Waals surface area contributed by atoms with Gasteiger partial charge in [-0.25, -0.2) is 0 Å². The van der Waals surface area contributed by atoms with Crippen molar-refractivity contribution in [3.8, 4) is 16.9 Å². The molecule has 2 aromatic carbocycles. The van der Waals surface area contributed by atoms with Gasteiger partial charge < -0.3 is 15.0 Å². The molecule has 4 nitrogen and oxygen atoms in total. The van der Waals surface area contributed by atoms with Gasteiger partial charge in [0.25, 0.3) is 0 Å². The highest BCUT2D eigenvalue weighted by Gasteiger charge is 2.06. The van der Waals surface area contributed by atoms with Gasteiger partial charge in [0.15, 0.2) is 0 Å². The van der Waals surface area contributed by atoms with Crippen molar-refractivity contribution in [1.82, 2.24) is 10.2 Å². The summed E-state index contributed by atoms with van der Waals surface area (Å²) in [6.45, 7) is 11.7. The maximum atomic E-state index is 11.1. The number of nitrogens with one attached hydrogen (secondary N) is 1. The van der Waals surface area contributed by atoms with Crippen LogP contribution in [0.25, 0.3) is 11.1 Å². The average Bonchev–Trinajstić information content (AvgIpc) is 2.66. The third-order valence-corrected chi connectivity index (χ3v) is 4.70. The zero-order chi connectivity index (χ0) is 19.6. The van der Waals surface area contributed by atoms with Crippen molar-refractivity contribution in [2.24, 2.45) is 0 Å². The van der Waals surface area contributed by atoms with Gasteiger partial charge in [-0.1, -0.05) is 50.2 Å². The number of amides is 1. The molecule has 0 radical (unpaired) electrons. The number of hydrogen-bond acceptors (Lipinski definition) is 3. The molecule has 1 amide bonds. The molecule has 0 saturated carbocycles. The van der Waals surface area contributed by atoms with E-state index >= 15 is 0 Å². The van der Waals surface area contributed by atoms with E-state index in [1.807, 2.05) is 19.1 Å². The second kappa shape index (κ2) is 10.7. The largest absolute Gasteiger partial charge is 0.492 e. The number of rotatable bonds is 10. The molecular weight excluding hydrogens is 336 g/mol. The Kier molecular flexibility index (Phi) is 8.34. The van der Waals surface area contributed by atoms with Gasteiger partial charge in [0, 0.05) is 19.5 Å². The number of hydrogen-bond donors (Lipinski definition) is 1. The van der Waals surface area contributed by atoms with Crippen molar-refractivity contribution in [3.05, 3.63) is 54.1 Å². The van der Waals surface area contributed by atoms with Crippen LogP contribution >= 0.6 is 0 Å². The minimum Gasteiger partial charge on any atom is -0.492 e. The number of benzene rings is 2. The number of carbonyl (C=O) groups excluding carboxylic acids is 1. The number of carbonyl (C=O) groups is 1. The van der Waals surface area contributed by atoms with Crippen LogP contribution in [-0.2, 0) is 11.2 Å². The van der Waals surface area contributed by atoms with E-state index in [9.17, 15) is 4.79 Å². The second-order valence-corrected chi connectivity index (χ2v) is 6.90. The third-order valence-electron chi connectivity index (χ3n) is 4.70. The number of likely N-dealkylation sites (N-methyl/N-ethyl adjacent to an activating group) is 1.